The first-order chi connectivity index (χ1) is 21.2. The van der Waals surface area contributed by atoms with E-state index >= 15 is 0 Å². The fraction of sp³-hybridized carbons (Fsp3) is 0.375. The number of hydrogen-bond donors (Lipinski definition) is 3. The lowest BCUT2D eigenvalue weighted by Gasteiger charge is -2.39. The average molecular weight is 607 g/mol. The number of fused-ring (bicyclic) bond motifs is 5. The molecule has 0 aliphatic carbocycles. The molecule has 11 nitrogen and oxygen atoms in total. The molecule has 3 aromatic rings. The Morgan fingerprint density at radius 2 is 1.89 bits per heavy atom. The molecule has 3 heterocycles. The van der Waals surface area contributed by atoms with Crippen molar-refractivity contribution in [2.75, 3.05) is 26.8 Å². The first kappa shape index (κ1) is 30.6. The van der Waals surface area contributed by atoms with Gasteiger partial charge in [0.15, 0.2) is 18.1 Å². The highest BCUT2D eigenvalue weighted by Crippen LogP contribution is 2.29. The van der Waals surface area contributed by atoms with Gasteiger partial charge in [-0.3, -0.25) is 19.2 Å². The molecule has 5 rings (SSSR count). The van der Waals surface area contributed by atoms with Crippen molar-refractivity contribution in [3.8, 4) is 17.2 Å². The average Bonchev–Trinajstić information content (AvgIpc) is 3.01. The van der Waals surface area contributed by atoms with Crippen LogP contribution < -0.4 is 30.4 Å². The maximum Gasteiger partial charge on any atom is 0.258 e. The van der Waals surface area contributed by atoms with Gasteiger partial charge >= 0.3 is 0 Å². The second kappa shape index (κ2) is 13.6. The monoisotopic (exact) mass is 606 g/mol. The minimum absolute atomic E-state index is 0.106. The van der Waals surface area contributed by atoms with Gasteiger partial charge in [0.25, 0.3) is 11.8 Å². The molecule has 232 valence electrons. The van der Waals surface area contributed by atoms with Gasteiger partial charge in [0.05, 0.1) is 18.7 Å². The summed E-state index contributed by atoms with van der Waals surface area (Å²) < 4.78 is 32.0. The van der Waals surface area contributed by atoms with Crippen molar-refractivity contribution in [2.45, 2.75) is 51.3 Å². The van der Waals surface area contributed by atoms with E-state index in [0.717, 1.165) is 5.56 Å². The van der Waals surface area contributed by atoms with Gasteiger partial charge in [-0.15, -0.1) is 0 Å². The number of aryl methyl sites for hydroxylation is 2. The highest BCUT2D eigenvalue weighted by atomic mass is 19.1. The maximum atomic E-state index is 14.6. The lowest BCUT2D eigenvalue weighted by atomic mass is 10.00. The number of amides is 3. The Hall–Kier alpha value is -4.87. The number of H-pyrrole nitrogens is 1. The third-order valence-electron chi connectivity index (χ3n) is 7.70. The molecule has 0 unspecified atom stereocenters. The molecule has 0 spiro atoms. The molecule has 4 bridgehead atoms. The van der Waals surface area contributed by atoms with Crippen LogP contribution in [0.4, 0.5) is 4.39 Å². The van der Waals surface area contributed by atoms with Crippen LogP contribution in [0, 0.1) is 5.82 Å². The second-order valence-corrected chi connectivity index (χ2v) is 10.8. The Morgan fingerprint density at radius 3 is 2.68 bits per heavy atom. The Labute approximate surface area is 253 Å². The molecule has 0 saturated carbocycles. The number of likely N-dealkylation sites (tertiary alicyclic amines) is 1. The van der Waals surface area contributed by atoms with Crippen molar-refractivity contribution in [2.24, 2.45) is 0 Å². The highest BCUT2D eigenvalue weighted by molar-refractivity contribution is 5.95. The van der Waals surface area contributed by atoms with Gasteiger partial charge in [-0.2, -0.15) is 0 Å². The van der Waals surface area contributed by atoms with Crippen molar-refractivity contribution in [3.63, 3.8) is 0 Å². The van der Waals surface area contributed by atoms with Crippen molar-refractivity contribution in [3.05, 3.63) is 87.1 Å². The van der Waals surface area contributed by atoms with Crippen LogP contribution in [0.5, 0.6) is 17.2 Å². The number of aromatic amines is 1. The predicted molar refractivity (Wildman–Crippen MR) is 158 cm³/mol. The van der Waals surface area contributed by atoms with E-state index in [1.54, 1.807) is 23.1 Å². The molecule has 12 heteroatoms. The molecular weight excluding hydrogens is 571 g/mol. The number of benzene rings is 2. The van der Waals surface area contributed by atoms with Gasteiger partial charge in [-0.05, 0) is 54.3 Å². The molecule has 2 atom stereocenters. The van der Waals surface area contributed by atoms with Crippen LogP contribution in [-0.4, -0.2) is 66.6 Å². The highest BCUT2D eigenvalue weighted by Gasteiger charge is 2.35. The number of rotatable bonds is 3. The number of nitrogens with one attached hydrogen (secondary N) is 3. The molecule has 1 fully saturated rings. The smallest absolute Gasteiger partial charge is 0.258 e. The summed E-state index contributed by atoms with van der Waals surface area (Å²) in [6.07, 6.45) is 0.800. The summed E-state index contributed by atoms with van der Waals surface area (Å²) in [5.74, 6) is -0.449. The maximum absolute atomic E-state index is 14.6. The Bertz CT molecular complexity index is 1610. The number of nitrogens with zero attached hydrogens (tertiary/aromatic N) is 1. The summed E-state index contributed by atoms with van der Waals surface area (Å²) >= 11 is 0. The summed E-state index contributed by atoms with van der Waals surface area (Å²) in [6, 6.07) is 11.6. The fourth-order valence-corrected chi connectivity index (χ4v) is 5.46. The SMILES string of the molecule is CCc1[nH]c(=O)ccc1C(=O)N1CC[C@H]2Oc3cc(F)cc(c3)CNC(=O)CCc3ccc(OC)c(c3)OCC(=O)N[C@@H]2C1. The molecule has 1 saturated heterocycles. The molecule has 1 aromatic heterocycles. The van der Waals surface area contributed by atoms with Gasteiger partial charge in [0, 0.05) is 50.3 Å². The molecule has 2 aliphatic heterocycles. The molecule has 44 heavy (non-hydrogen) atoms. The van der Waals surface area contributed by atoms with Crippen LogP contribution in [0.1, 0.15) is 46.9 Å². The number of ether oxygens (including phenoxy) is 3. The van der Waals surface area contributed by atoms with E-state index in [1.165, 1.54) is 31.4 Å². The molecule has 3 amide bonds. The van der Waals surface area contributed by atoms with Crippen LogP contribution >= 0.6 is 0 Å². The number of piperidine rings is 1. The number of pyridine rings is 1. The van der Waals surface area contributed by atoms with E-state index in [1.807, 2.05) is 13.0 Å². The number of carbonyl (C=O) groups is 3. The van der Waals surface area contributed by atoms with E-state index < -0.39 is 23.9 Å². The Kier molecular flexibility index (Phi) is 9.47. The second-order valence-electron chi connectivity index (χ2n) is 10.8. The van der Waals surface area contributed by atoms with Gasteiger partial charge in [0.1, 0.15) is 17.7 Å². The van der Waals surface area contributed by atoms with Gasteiger partial charge in [-0.1, -0.05) is 13.0 Å². The van der Waals surface area contributed by atoms with E-state index in [2.05, 4.69) is 15.6 Å². The number of methoxy groups -OCH3 is 1. The quantitative estimate of drug-likeness (QED) is 0.417. The summed E-state index contributed by atoms with van der Waals surface area (Å²) in [4.78, 5) is 55.5. The molecular formula is C32H35FN4O7. The molecule has 3 N–H and O–H groups in total. The minimum atomic E-state index is -0.671. The first-order valence-corrected chi connectivity index (χ1v) is 14.6. The van der Waals surface area contributed by atoms with Gasteiger partial charge in [0.2, 0.25) is 11.5 Å². The summed E-state index contributed by atoms with van der Waals surface area (Å²) in [5, 5.41) is 5.76. The van der Waals surface area contributed by atoms with E-state index in [0.29, 0.717) is 54.1 Å². The summed E-state index contributed by atoms with van der Waals surface area (Å²) in [6.45, 7) is 2.01. The lowest BCUT2D eigenvalue weighted by molar-refractivity contribution is -0.125. The van der Waals surface area contributed by atoms with Crippen LogP contribution in [0.2, 0.25) is 0 Å². The van der Waals surface area contributed by atoms with Crippen molar-refractivity contribution in [1.29, 1.82) is 0 Å². The minimum Gasteiger partial charge on any atom is -0.493 e. The fourth-order valence-electron chi connectivity index (χ4n) is 5.46. The van der Waals surface area contributed by atoms with Gasteiger partial charge in [-0.25, -0.2) is 4.39 Å². The standard InChI is InChI=1S/C32H35FN4O7/c1-3-24-23(6-9-30(39)35-24)32(41)37-11-10-26-25(17-37)36-31(40)18-43-28-14-19(4-7-27(28)42-2)5-8-29(38)34-16-20-12-21(33)15-22(13-20)44-26/h4,6-7,9,12-15,25-26H,3,5,8,10-11,16-18H2,1-2H3,(H,34,38)(H,35,39)(H,36,40)/t25-,26-/m1/s1. The zero-order chi connectivity index (χ0) is 31.2. The molecule has 2 aliphatic rings. The summed E-state index contributed by atoms with van der Waals surface area (Å²) in [7, 11) is 1.49. The van der Waals surface area contributed by atoms with E-state index in [9.17, 15) is 23.6 Å². The number of aromatic nitrogens is 1. The van der Waals surface area contributed by atoms with E-state index in [4.69, 9.17) is 14.2 Å². The van der Waals surface area contributed by atoms with Crippen LogP contribution in [0.15, 0.2) is 53.3 Å². The lowest BCUT2D eigenvalue weighted by Crippen LogP contribution is -2.58. The normalized spacial score (nSPS) is 19.2. The topological polar surface area (TPSA) is 139 Å². The largest absolute Gasteiger partial charge is 0.493 e. The Morgan fingerprint density at radius 1 is 1.05 bits per heavy atom. The number of halogens is 1. The zero-order valence-corrected chi connectivity index (χ0v) is 24.6. The zero-order valence-electron chi connectivity index (χ0n) is 24.6. The molecule has 0 radical (unpaired) electrons. The number of hydrogen-bond acceptors (Lipinski definition) is 7. The number of carbonyl (C=O) groups excluding carboxylic acids is 3. The Balaban J connectivity index is 1.43. The van der Waals surface area contributed by atoms with Crippen LogP contribution in [0.25, 0.3) is 0 Å². The third kappa shape index (κ3) is 7.36. The third-order valence-corrected chi connectivity index (χ3v) is 7.70. The molecule has 2 aromatic carbocycles. The summed E-state index contributed by atoms with van der Waals surface area (Å²) in [5.41, 5.74) is 1.95. The van der Waals surface area contributed by atoms with E-state index in [-0.39, 0.29) is 49.2 Å². The van der Waals surface area contributed by atoms with Crippen molar-refractivity contribution in [1.82, 2.24) is 20.5 Å². The predicted octanol–water partition coefficient (Wildman–Crippen LogP) is 2.50. The van der Waals surface area contributed by atoms with Gasteiger partial charge < -0.3 is 34.7 Å². The van der Waals surface area contributed by atoms with Crippen LogP contribution in [0.3, 0.4) is 0 Å². The van der Waals surface area contributed by atoms with Crippen molar-refractivity contribution < 1.29 is 33.0 Å². The van der Waals surface area contributed by atoms with Crippen LogP contribution in [-0.2, 0) is 29.0 Å². The van der Waals surface area contributed by atoms with Crippen molar-refractivity contribution >= 4 is 17.7 Å². The first-order valence-electron chi connectivity index (χ1n) is 14.6.